The van der Waals surface area contributed by atoms with Crippen LogP contribution in [0.5, 0.6) is 0 Å². The first-order valence-electron chi connectivity index (χ1n) is 6.40. The molecule has 1 aromatic carbocycles. The van der Waals surface area contributed by atoms with E-state index < -0.39 is 16.0 Å². The monoisotopic (exact) mass is 377 g/mol. The van der Waals surface area contributed by atoms with Gasteiger partial charge in [0.25, 0.3) is 0 Å². The summed E-state index contributed by atoms with van der Waals surface area (Å²) < 4.78 is 34.1. The second-order valence-corrected chi connectivity index (χ2v) is 7.30. The molecule has 8 heteroatoms. The molecule has 1 saturated heterocycles. The molecule has 2 rings (SSSR count). The summed E-state index contributed by atoms with van der Waals surface area (Å²) in [6, 6.07) is 2.88. The topological polar surface area (TPSA) is 95.7 Å². The normalized spacial score (nSPS) is 18.7. The van der Waals surface area contributed by atoms with Crippen molar-refractivity contribution in [1.82, 2.24) is 0 Å². The number of carbonyl (C=O) groups is 1. The third kappa shape index (κ3) is 4.03. The summed E-state index contributed by atoms with van der Waals surface area (Å²) in [6.45, 7) is 2.36. The maximum Gasteiger partial charge on any atom is 0.338 e. The minimum absolute atomic E-state index is 0.0841. The van der Waals surface area contributed by atoms with Gasteiger partial charge in [0.1, 0.15) is 6.61 Å². The molecule has 0 radical (unpaired) electrons. The molecular weight excluding hydrogens is 362 g/mol. The van der Waals surface area contributed by atoms with Crippen LogP contribution in [0.1, 0.15) is 28.8 Å². The van der Waals surface area contributed by atoms with Gasteiger partial charge in [-0.15, -0.1) is 0 Å². The number of halogens is 1. The zero-order chi connectivity index (χ0) is 15.6. The molecule has 0 aliphatic carbocycles. The molecule has 1 aliphatic heterocycles. The van der Waals surface area contributed by atoms with Gasteiger partial charge in [-0.1, -0.05) is 15.9 Å². The molecule has 6 nitrogen and oxygen atoms in total. The third-order valence-corrected chi connectivity index (χ3v) is 4.77. The Balaban J connectivity index is 2.22. The molecule has 1 aromatic rings. The van der Waals surface area contributed by atoms with Gasteiger partial charge < -0.3 is 9.47 Å². The second-order valence-electron chi connectivity index (χ2n) is 4.85. The van der Waals surface area contributed by atoms with E-state index in [9.17, 15) is 13.2 Å². The van der Waals surface area contributed by atoms with Gasteiger partial charge in [0.05, 0.1) is 16.6 Å². The van der Waals surface area contributed by atoms with Crippen molar-refractivity contribution in [2.45, 2.75) is 30.8 Å². The van der Waals surface area contributed by atoms with Crippen LogP contribution in [0.3, 0.4) is 0 Å². The van der Waals surface area contributed by atoms with Crippen molar-refractivity contribution in [2.75, 3.05) is 13.2 Å². The summed E-state index contributed by atoms with van der Waals surface area (Å²) >= 11 is 3.17. The molecule has 1 unspecified atom stereocenters. The second kappa shape index (κ2) is 6.43. The van der Waals surface area contributed by atoms with Crippen molar-refractivity contribution < 1.29 is 22.7 Å². The molecule has 21 heavy (non-hydrogen) atoms. The van der Waals surface area contributed by atoms with Crippen molar-refractivity contribution in [3.63, 3.8) is 0 Å². The first-order valence-corrected chi connectivity index (χ1v) is 8.74. The summed E-state index contributed by atoms with van der Waals surface area (Å²) in [5.74, 6) is -0.589. The summed E-state index contributed by atoms with van der Waals surface area (Å²) in [4.78, 5) is 12.0. The number of sulfonamides is 1. The third-order valence-electron chi connectivity index (χ3n) is 3.28. The van der Waals surface area contributed by atoms with E-state index in [1.807, 2.05) is 0 Å². The van der Waals surface area contributed by atoms with Crippen LogP contribution in [-0.2, 0) is 19.5 Å². The Labute approximate surface area is 131 Å². The van der Waals surface area contributed by atoms with E-state index in [4.69, 9.17) is 14.6 Å². The van der Waals surface area contributed by atoms with E-state index in [1.54, 1.807) is 0 Å². The van der Waals surface area contributed by atoms with Crippen molar-refractivity contribution >= 4 is 31.9 Å². The number of rotatable bonds is 4. The SMILES string of the molecule is Cc1c(C(=O)OCC2CCCO2)cc(Br)cc1S(N)(=O)=O. The fourth-order valence-electron chi connectivity index (χ4n) is 2.18. The average Bonchev–Trinajstić information content (AvgIpc) is 2.90. The number of hydrogen-bond donors (Lipinski definition) is 1. The van der Waals surface area contributed by atoms with E-state index >= 15 is 0 Å². The van der Waals surface area contributed by atoms with E-state index in [2.05, 4.69) is 15.9 Å². The average molecular weight is 378 g/mol. The minimum Gasteiger partial charge on any atom is -0.459 e. The molecule has 0 aromatic heterocycles. The molecule has 1 aliphatic rings. The summed E-state index contributed by atoms with van der Waals surface area (Å²) in [5.41, 5.74) is 0.449. The van der Waals surface area contributed by atoms with Crippen LogP contribution in [0.4, 0.5) is 0 Å². The number of nitrogens with two attached hydrogens (primary N) is 1. The molecule has 1 heterocycles. The maximum absolute atomic E-state index is 12.1. The van der Waals surface area contributed by atoms with Crippen LogP contribution < -0.4 is 5.14 Å². The zero-order valence-electron chi connectivity index (χ0n) is 11.5. The van der Waals surface area contributed by atoms with Gasteiger partial charge in [-0.05, 0) is 37.5 Å². The first-order chi connectivity index (χ1) is 9.79. The Kier molecular flexibility index (Phi) is 5.03. The van der Waals surface area contributed by atoms with Crippen LogP contribution in [0.25, 0.3) is 0 Å². The summed E-state index contributed by atoms with van der Waals surface area (Å²) in [6.07, 6.45) is 1.72. The Hall–Kier alpha value is -0.960. The van der Waals surface area contributed by atoms with Gasteiger partial charge in [0, 0.05) is 11.1 Å². The van der Waals surface area contributed by atoms with E-state index in [1.165, 1.54) is 19.1 Å². The van der Waals surface area contributed by atoms with Crippen LogP contribution >= 0.6 is 15.9 Å². The fourth-order valence-corrected chi connectivity index (χ4v) is 3.62. The maximum atomic E-state index is 12.1. The first kappa shape index (κ1) is 16.4. The number of hydrogen-bond acceptors (Lipinski definition) is 5. The van der Waals surface area contributed by atoms with Crippen LogP contribution in [-0.4, -0.2) is 33.7 Å². The minimum atomic E-state index is -3.91. The van der Waals surface area contributed by atoms with E-state index in [0.29, 0.717) is 11.1 Å². The van der Waals surface area contributed by atoms with Crippen LogP contribution in [0.2, 0.25) is 0 Å². The highest BCUT2D eigenvalue weighted by Crippen LogP contribution is 2.25. The smallest absolute Gasteiger partial charge is 0.338 e. The largest absolute Gasteiger partial charge is 0.459 e. The molecule has 116 valence electrons. The molecular formula is C13H16BrNO5S. The lowest BCUT2D eigenvalue weighted by Gasteiger charge is -2.13. The quantitative estimate of drug-likeness (QED) is 0.806. The lowest BCUT2D eigenvalue weighted by Crippen LogP contribution is -2.20. The van der Waals surface area contributed by atoms with Crippen molar-refractivity contribution in [3.05, 3.63) is 27.7 Å². The lowest BCUT2D eigenvalue weighted by molar-refractivity contribution is 0.0160. The van der Waals surface area contributed by atoms with Gasteiger partial charge in [-0.2, -0.15) is 0 Å². The van der Waals surface area contributed by atoms with Crippen LogP contribution in [0.15, 0.2) is 21.5 Å². The van der Waals surface area contributed by atoms with Crippen molar-refractivity contribution in [1.29, 1.82) is 0 Å². The molecule has 0 amide bonds. The van der Waals surface area contributed by atoms with Gasteiger partial charge >= 0.3 is 5.97 Å². The fraction of sp³-hybridized carbons (Fsp3) is 0.462. The van der Waals surface area contributed by atoms with Gasteiger partial charge in [0.15, 0.2) is 0 Å². The number of benzene rings is 1. The van der Waals surface area contributed by atoms with E-state index in [-0.39, 0.29) is 28.7 Å². The molecule has 0 spiro atoms. The van der Waals surface area contributed by atoms with Gasteiger partial charge in [-0.25, -0.2) is 18.4 Å². The Morgan fingerprint density at radius 1 is 1.52 bits per heavy atom. The Morgan fingerprint density at radius 3 is 2.81 bits per heavy atom. The highest BCUT2D eigenvalue weighted by molar-refractivity contribution is 9.10. The number of carbonyl (C=O) groups excluding carboxylic acids is 1. The molecule has 1 atom stereocenters. The Morgan fingerprint density at radius 2 is 2.24 bits per heavy atom. The highest BCUT2D eigenvalue weighted by Gasteiger charge is 2.22. The zero-order valence-corrected chi connectivity index (χ0v) is 13.9. The molecule has 0 saturated carbocycles. The summed E-state index contributed by atoms with van der Waals surface area (Å²) in [7, 11) is -3.91. The van der Waals surface area contributed by atoms with Crippen molar-refractivity contribution in [3.8, 4) is 0 Å². The van der Waals surface area contributed by atoms with Crippen molar-refractivity contribution in [2.24, 2.45) is 5.14 Å². The lowest BCUT2D eigenvalue weighted by atomic mass is 10.1. The predicted molar refractivity (Wildman–Crippen MR) is 79.5 cm³/mol. The molecule has 1 fully saturated rings. The number of primary sulfonamides is 1. The predicted octanol–water partition coefficient (Wildman–Crippen LogP) is 1.74. The molecule has 0 bridgehead atoms. The highest BCUT2D eigenvalue weighted by atomic mass is 79.9. The number of ether oxygens (including phenoxy) is 2. The molecule has 2 N–H and O–H groups in total. The summed E-state index contributed by atoms with van der Waals surface area (Å²) in [5, 5.41) is 5.15. The van der Waals surface area contributed by atoms with Gasteiger partial charge in [-0.3, -0.25) is 0 Å². The Bertz CT molecular complexity index is 653. The standard InChI is InChI=1S/C13H16BrNO5S/c1-8-11(5-9(14)6-12(8)21(15,17)18)13(16)20-7-10-3-2-4-19-10/h5-6,10H,2-4,7H2,1H3,(H2,15,17,18). The van der Waals surface area contributed by atoms with E-state index in [0.717, 1.165) is 12.8 Å². The number of esters is 1. The van der Waals surface area contributed by atoms with Crippen LogP contribution in [0, 0.1) is 6.92 Å². The van der Waals surface area contributed by atoms with Gasteiger partial charge in [0.2, 0.25) is 10.0 Å².